The summed E-state index contributed by atoms with van der Waals surface area (Å²) in [7, 11) is 0. The van der Waals surface area contributed by atoms with Crippen molar-refractivity contribution in [1.29, 1.82) is 0 Å². The summed E-state index contributed by atoms with van der Waals surface area (Å²) >= 11 is 8.15. The van der Waals surface area contributed by atoms with Gasteiger partial charge in [-0.15, -0.1) is 0 Å². The van der Waals surface area contributed by atoms with Crippen LogP contribution in [0.5, 0.6) is 0 Å². The fourth-order valence-electron chi connectivity index (χ4n) is 2.02. The van der Waals surface area contributed by atoms with E-state index in [1.54, 1.807) is 6.20 Å². The summed E-state index contributed by atoms with van der Waals surface area (Å²) in [5.41, 5.74) is 2.73. The van der Waals surface area contributed by atoms with Gasteiger partial charge in [0.25, 0.3) is 0 Å². The second-order valence-electron chi connectivity index (χ2n) is 3.82. The van der Waals surface area contributed by atoms with E-state index >= 15 is 0 Å². The van der Waals surface area contributed by atoms with Gasteiger partial charge in [-0.1, -0.05) is 35.9 Å². The second kappa shape index (κ2) is 3.96. The van der Waals surface area contributed by atoms with Crippen molar-refractivity contribution >= 4 is 34.2 Å². The van der Waals surface area contributed by atoms with Crippen molar-refractivity contribution in [2.75, 3.05) is 0 Å². The summed E-state index contributed by atoms with van der Waals surface area (Å²) in [6.07, 6.45) is 2.80. The van der Waals surface area contributed by atoms with Crippen molar-refractivity contribution in [2.45, 2.75) is 12.3 Å². The van der Waals surface area contributed by atoms with Crippen LogP contribution in [0.1, 0.15) is 22.9 Å². The summed E-state index contributed by atoms with van der Waals surface area (Å²) in [6, 6.07) is 8.41. The zero-order valence-electron chi connectivity index (χ0n) is 8.32. The average molecular weight is 343 g/mol. The first-order valence-electron chi connectivity index (χ1n) is 5.01. The summed E-state index contributed by atoms with van der Waals surface area (Å²) in [6.45, 7) is 0. The molecule has 1 aromatic heterocycles. The first kappa shape index (κ1) is 10.5. The number of nitrogens with zero attached hydrogens (tertiary/aromatic N) is 2. The van der Waals surface area contributed by atoms with Gasteiger partial charge in [-0.3, -0.25) is 0 Å². The van der Waals surface area contributed by atoms with Gasteiger partial charge in [-0.25, -0.2) is 9.97 Å². The van der Waals surface area contributed by atoms with Crippen molar-refractivity contribution in [3.8, 4) is 0 Å². The van der Waals surface area contributed by atoms with Crippen LogP contribution >= 0.6 is 34.2 Å². The van der Waals surface area contributed by atoms with Gasteiger partial charge in [0.1, 0.15) is 11.0 Å². The Kier molecular flexibility index (Phi) is 2.59. The van der Waals surface area contributed by atoms with Gasteiger partial charge in [0, 0.05) is 12.1 Å². The molecule has 2 nitrogen and oxygen atoms in total. The number of hydrogen-bond donors (Lipinski definition) is 0. The summed E-state index contributed by atoms with van der Waals surface area (Å²) in [4.78, 5) is 8.70. The average Bonchev–Trinajstić information content (AvgIpc) is 2.25. The molecule has 0 spiro atoms. The van der Waals surface area contributed by atoms with Crippen molar-refractivity contribution < 1.29 is 0 Å². The van der Waals surface area contributed by atoms with E-state index in [0.717, 1.165) is 15.8 Å². The van der Waals surface area contributed by atoms with Crippen molar-refractivity contribution in [3.63, 3.8) is 0 Å². The summed E-state index contributed by atoms with van der Waals surface area (Å²) < 4.78 is 0.899. The molecule has 0 amide bonds. The minimum atomic E-state index is 0.325. The van der Waals surface area contributed by atoms with E-state index in [0.29, 0.717) is 11.1 Å². The molecule has 4 heteroatoms. The Morgan fingerprint density at radius 3 is 2.88 bits per heavy atom. The minimum Gasteiger partial charge on any atom is -0.239 e. The molecule has 1 aliphatic rings. The number of halogens is 2. The van der Waals surface area contributed by atoms with Crippen LogP contribution in [0, 0.1) is 3.57 Å². The fraction of sp³-hybridized carbons (Fsp3) is 0.167. The topological polar surface area (TPSA) is 25.8 Å². The SMILES string of the molecule is Clc1nc(C2Cc3ccccc32)ncc1I. The number of fused-ring (bicyclic) bond motifs is 1. The summed E-state index contributed by atoms with van der Waals surface area (Å²) in [5, 5.41) is 0.551. The molecule has 0 saturated carbocycles. The highest BCUT2D eigenvalue weighted by Gasteiger charge is 2.29. The molecule has 1 aliphatic carbocycles. The zero-order valence-corrected chi connectivity index (χ0v) is 11.2. The molecule has 1 heterocycles. The molecule has 2 aromatic rings. The summed E-state index contributed by atoms with van der Waals surface area (Å²) in [5.74, 6) is 1.16. The number of benzene rings is 1. The molecule has 0 radical (unpaired) electrons. The molecule has 0 aliphatic heterocycles. The highest BCUT2D eigenvalue weighted by Crippen LogP contribution is 2.38. The fourth-order valence-corrected chi connectivity index (χ4v) is 2.41. The van der Waals surface area contributed by atoms with Crippen LogP contribution in [0.15, 0.2) is 30.5 Å². The van der Waals surface area contributed by atoms with Gasteiger partial charge in [-0.05, 0) is 40.1 Å². The van der Waals surface area contributed by atoms with Gasteiger partial charge in [-0.2, -0.15) is 0 Å². The number of aromatic nitrogens is 2. The van der Waals surface area contributed by atoms with E-state index < -0.39 is 0 Å². The first-order chi connectivity index (χ1) is 7.75. The zero-order chi connectivity index (χ0) is 11.1. The van der Waals surface area contributed by atoms with Crippen LogP contribution < -0.4 is 0 Å². The van der Waals surface area contributed by atoms with Crippen molar-refractivity contribution in [3.05, 3.63) is 56.1 Å². The van der Waals surface area contributed by atoms with Crippen molar-refractivity contribution in [2.24, 2.45) is 0 Å². The maximum Gasteiger partial charge on any atom is 0.146 e. The smallest absolute Gasteiger partial charge is 0.146 e. The Balaban J connectivity index is 1.99. The molecular weight excluding hydrogens is 335 g/mol. The van der Waals surface area contributed by atoms with Crippen LogP contribution in [0.3, 0.4) is 0 Å². The van der Waals surface area contributed by atoms with Gasteiger partial charge < -0.3 is 0 Å². The highest BCUT2D eigenvalue weighted by atomic mass is 127. The van der Waals surface area contributed by atoms with Crippen LogP contribution in [0.4, 0.5) is 0 Å². The third-order valence-corrected chi connectivity index (χ3v) is 4.28. The van der Waals surface area contributed by atoms with Crippen LogP contribution in [-0.4, -0.2) is 9.97 Å². The molecular formula is C12H8ClIN2. The predicted octanol–water partition coefficient (Wildman–Crippen LogP) is 3.42. The Bertz CT molecular complexity index is 556. The Morgan fingerprint density at radius 1 is 1.31 bits per heavy atom. The largest absolute Gasteiger partial charge is 0.239 e. The molecule has 0 fully saturated rings. The van der Waals surface area contributed by atoms with Gasteiger partial charge in [0.2, 0.25) is 0 Å². The second-order valence-corrected chi connectivity index (χ2v) is 5.34. The molecule has 16 heavy (non-hydrogen) atoms. The van der Waals surface area contributed by atoms with Crippen molar-refractivity contribution in [1.82, 2.24) is 9.97 Å². The number of hydrogen-bond acceptors (Lipinski definition) is 2. The monoisotopic (exact) mass is 342 g/mol. The third kappa shape index (κ3) is 1.62. The predicted molar refractivity (Wildman–Crippen MR) is 71.7 cm³/mol. The molecule has 1 atom stereocenters. The first-order valence-corrected chi connectivity index (χ1v) is 6.47. The van der Waals surface area contributed by atoms with Crippen LogP contribution in [0.25, 0.3) is 0 Å². The van der Waals surface area contributed by atoms with Gasteiger partial charge >= 0.3 is 0 Å². The molecule has 3 rings (SSSR count). The van der Waals surface area contributed by atoms with E-state index in [1.807, 2.05) is 0 Å². The highest BCUT2D eigenvalue weighted by molar-refractivity contribution is 14.1. The Labute approximate surface area is 112 Å². The number of rotatable bonds is 1. The minimum absolute atomic E-state index is 0.325. The van der Waals surface area contributed by atoms with E-state index in [1.165, 1.54) is 11.1 Å². The van der Waals surface area contributed by atoms with E-state index in [4.69, 9.17) is 11.6 Å². The van der Waals surface area contributed by atoms with Crippen LogP contribution in [0.2, 0.25) is 5.15 Å². The molecule has 0 N–H and O–H groups in total. The van der Waals surface area contributed by atoms with Crippen LogP contribution in [-0.2, 0) is 6.42 Å². The lowest BCUT2D eigenvalue weighted by atomic mass is 9.77. The lowest BCUT2D eigenvalue weighted by Crippen LogP contribution is -2.20. The molecule has 0 bridgehead atoms. The Hall–Kier alpha value is -0.680. The molecule has 80 valence electrons. The maximum atomic E-state index is 6.01. The Morgan fingerprint density at radius 2 is 2.12 bits per heavy atom. The molecule has 1 unspecified atom stereocenters. The lowest BCUT2D eigenvalue weighted by Gasteiger charge is -2.28. The van der Waals surface area contributed by atoms with E-state index in [-0.39, 0.29) is 0 Å². The van der Waals surface area contributed by atoms with Gasteiger partial charge in [0.15, 0.2) is 0 Å². The molecule has 0 saturated heterocycles. The van der Waals surface area contributed by atoms with E-state index in [9.17, 15) is 0 Å². The maximum absolute atomic E-state index is 6.01. The quantitative estimate of drug-likeness (QED) is 0.586. The van der Waals surface area contributed by atoms with Gasteiger partial charge in [0.05, 0.1) is 3.57 Å². The molecule has 1 aromatic carbocycles. The normalized spacial score (nSPS) is 17.8. The van der Waals surface area contributed by atoms with E-state index in [2.05, 4.69) is 56.8 Å². The third-order valence-electron chi connectivity index (χ3n) is 2.89. The standard InChI is InChI=1S/C12H8ClIN2/c13-11-10(14)6-15-12(16-11)9-5-7-3-1-2-4-8(7)9/h1-4,6,9H,5H2. The lowest BCUT2D eigenvalue weighted by molar-refractivity contribution is 0.659.